The minimum absolute atomic E-state index is 0.0470. The molecule has 1 aliphatic rings. The maximum Gasteiger partial charge on any atom is 0.255 e. The Kier molecular flexibility index (Phi) is 3.97. The van der Waals surface area contributed by atoms with Gasteiger partial charge in [0.05, 0.1) is 17.0 Å². The topological polar surface area (TPSA) is 66.3 Å². The number of aromatic nitrogens is 4. The van der Waals surface area contributed by atoms with Crippen LogP contribution in [0, 0.1) is 0 Å². The summed E-state index contributed by atoms with van der Waals surface area (Å²) >= 11 is 0. The van der Waals surface area contributed by atoms with Gasteiger partial charge < -0.3 is 9.30 Å². The second kappa shape index (κ2) is 6.64. The van der Waals surface area contributed by atoms with Crippen molar-refractivity contribution in [3.63, 3.8) is 0 Å². The number of fused-ring (bicyclic) bond motifs is 2. The Labute approximate surface area is 162 Å². The minimum Gasteiger partial charge on any atom is -0.334 e. The molecule has 0 radical (unpaired) electrons. The van der Waals surface area contributed by atoms with Crippen LogP contribution in [0.1, 0.15) is 34.2 Å². The largest absolute Gasteiger partial charge is 0.334 e. The number of rotatable bonds is 3. The highest BCUT2D eigenvalue weighted by Crippen LogP contribution is 2.23. The molecule has 0 aliphatic carbocycles. The van der Waals surface area contributed by atoms with Crippen LogP contribution in [-0.4, -0.2) is 36.9 Å². The van der Waals surface area contributed by atoms with Crippen molar-refractivity contribution in [1.29, 1.82) is 0 Å². The lowest BCUT2D eigenvalue weighted by molar-refractivity contribution is 0.0733. The van der Waals surface area contributed by atoms with Crippen LogP contribution in [0.5, 0.6) is 0 Å². The van der Waals surface area contributed by atoms with Crippen molar-refractivity contribution in [2.75, 3.05) is 6.54 Å². The predicted octanol–water partition coefficient (Wildman–Crippen LogP) is 3.49. The van der Waals surface area contributed by atoms with E-state index in [1.807, 2.05) is 64.2 Å². The van der Waals surface area contributed by atoms with Crippen molar-refractivity contribution in [1.82, 2.24) is 24.5 Å². The first-order valence-corrected chi connectivity index (χ1v) is 9.61. The molecule has 28 heavy (non-hydrogen) atoms. The Morgan fingerprint density at radius 2 is 2.00 bits per heavy atom. The molecule has 0 saturated heterocycles. The quantitative estimate of drug-likeness (QED) is 0.599. The molecular formula is C22H21N5O. The second-order valence-electron chi connectivity index (χ2n) is 7.13. The lowest BCUT2D eigenvalue weighted by Gasteiger charge is -2.27. The fourth-order valence-electron chi connectivity index (χ4n) is 3.87. The van der Waals surface area contributed by atoms with Crippen LogP contribution in [0.3, 0.4) is 0 Å². The van der Waals surface area contributed by atoms with Gasteiger partial charge in [0, 0.05) is 48.7 Å². The van der Waals surface area contributed by atoms with Crippen LogP contribution >= 0.6 is 0 Å². The van der Waals surface area contributed by atoms with E-state index in [1.165, 1.54) is 11.3 Å². The van der Waals surface area contributed by atoms with Gasteiger partial charge >= 0.3 is 0 Å². The van der Waals surface area contributed by atoms with Gasteiger partial charge in [0.15, 0.2) is 0 Å². The number of H-pyrrole nitrogens is 1. The Morgan fingerprint density at radius 1 is 1.14 bits per heavy atom. The van der Waals surface area contributed by atoms with E-state index >= 15 is 0 Å². The van der Waals surface area contributed by atoms with Crippen LogP contribution in [0.2, 0.25) is 0 Å². The summed E-state index contributed by atoms with van der Waals surface area (Å²) in [6.07, 6.45) is 5.54. The van der Waals surface area contributed by atoms with Crippen molar-refractivity contribution in [2.45, 2.75) is 26.3 Å². The molecule has 0 spiro atoms. The van der Waals surface area contributed by atoms with E-state index in [0.29, 0.717) is 18.7 Å². The molecule has 0 saturated carbocycles. The average molecular weight is 371 g/mol. The van der Waals surface area contributed by atoms with Gasteiger partial charge in [-0.2, -0.15) is 5.10 Å². The van der Waals surface area contributed by atoms with Gasteiger partial charge in [-0.25, -0.2) is 4.98 Å². The number of imidazole rings is 1. The van der Waals surface area contributed by atoms with Crippen LogP contribution in [0.4, 0.5) is 0 Å². The lowest BCUT2D eigenvalue weighted by Crippen LogP contribution is -2.36. The first kappa shape index (κ1) is 16.7. The van der Waals surface area contributed by atoms with Gasteiger partial charge in [-0.3, -0.25) is 9.89 Å². The van der Waals surface area contributed by atoms with Crippen LogP contribution in [0.15, 0.2) is 54.9 Å². The number of carbonyl (C=O) groups excluding carboxylic acids is 1. The number of benzene rings is 1. The highest BCUT2D eigenvalue weighted by molar-refractivity contribution is 5.94. The van der Waals surface area contributed by atoms with E-state index in [-0.39, 0.29) is 5.91 Å². The van der Waals surface area contributed by atoms with Gasteiger partial charge in [0.25, 0.3) is 5.91 Å². The number of nitrogens with one attached hydrogen (secondary N) is 1. The van der Waals surface area contributed by atoms with Crippen molar-refractivity contribution >= 4 is 11.6 Å². The number of pyridine rings is 1. The minimum atomic E-state index is 0.0470. The number of hydrogen-bond acceptors (Lipinski definition) is 3. The van der Waals surface area contributed by atoms with Crippen LogP contribution in [-0.2, 0) is 19.4 Å². The number of carbonyl (C=O) groups is 1. The molecule has 0 fully saturated rings. The third-order valence-corrected chi connectivity index (χ3v) is 5.41. The fourth-order valence-corrected chi connectivity index (χ4v) is 3.87. The molecule has 6 nitrogen and oxygen atoms in total. The van der Waals surface area contributed by atoms with Gasteiger partial charge in [0.1, 0.15) is 5.65 Å². The number of hydrogen-bond donors (Lipinski definition) is 1. The summed E-state index contributed by atoms with van der Waals surface area (Å²) in [5, 5.41) is 7.50. The van der Waals surface area contributed by atoms with E-state index in [0.717, 1.165) is 35.4 Å². The zero-order valence-electron chi connectivity index (χ0n) is 15.7. The Balaban J connectivity index is 1.44. The summed E-state index contributed by atoms with van der Waals surface area (Å²) in [5.74, 6) is 0.0470. The number of aryl methyl sites for hydroxylation is 1. The van der Waals surface area contributed by atoms with E-state index in [2.05, 4.69) is 22.1 Å². The molecule has 0 atom stereocenters. The zero-order valence-corrected chi connectivity index (χ0v) is 15.7. The SMILES string of the molecule is CCc1n[nH]c2c1CN(C(=O)c1ccc3nc(-c4ccccc4)cn3c1)CC2. The van der Waals surface area contributed by atoms with Gasteiger partial charge in [-0.1, -0.05) is 37.3 Å². The van der Waals surface area contributed by atoms with E-state index in [4.69, 9.17) is 0 Å². The van der Waals surface area contributed by atoms with E-state index in [1.54, 1.807) is 0 Å². The molecule has 1 N–H and O–H groups in total. The Bertz CT molecular complexity index is 1140. The molecule has 140 valence electrons. The summed E-state index contributed by atoms with van der Waals surface area (Å²) in [7, 11) is 0. The van der Waals surface area contributed by atoms with Crippen molar-refractivity contribution in [2.24, 2.45) is 0 Å². The molecule has 5 rings (SSSR count). The first-order chi connectivity index (χ1) is 13.7. The fraction of sp³-hybridized carbons (Fsp3) is 0.227. The summed E-state index contributed by atoms with van der Waals surface area (Å²) in [6.45, 7) is 3.41. The van der Waals surface area contributed by atoms with Crippen LogP contribution < -0.4 is 0 Å². The summed E-state index contributed by atoms with van der Waals surface area (Å²) in [5.41, 5.74) is 6.88. The molecule has 1 aliphatic heterocycles. The highest BCUT2D eigenvalue weighted by Gasteiger charge is 2.25. The van der Waals surface area contributed by atoms with Gasteiger partial charge in [-0.05, 0) is 18.6 Å². The maximum atomic E-state index is 13.1. The van der Waals surface area contributed by atoms with Crippen molar-refractivity contribution < 1.29 is 4.79 Å². The Morgan fingerprint density at radius 3 is 2.82 bits per heavy atom. The monoisotopic (exact) mass is 371 g/mol. The third-order valence-electron chi connectivity index (χ3n) is 5.41. The predicted molar refractivity (Wildman–Crippen MR) is 107 cm³/mol. The molecule has 4 heterocycles. The van der Waals surface area contributed by atoms with Crippen molar-refractivity contribution in [3.8, 4) is 11.3 Å². The molecule has 6 heteroatoms. The molecule has 4 aromatic rings. The molecule has 0 bridgehead atoms. The zero-order chi connectivity index (χ0) is 19.1. The Hall–Kier alpha value is -3.41. The molecular weight excluding hydrogens is 350 g/mol. The van der Waals surface area contributed by atoms with E-state index in [9.17, 15) is 4.79 Å². The smallest absolute Gasteiger partial charge is 0.255 e. The van der Waals surface area contributed by atoms with Gasteiger partial charge in [0.2, 0.25) is 0 Å². The highest BCUT2D eigenvalue weighted by atomic mass is 16.2. The molecule has 3 aromatic heterocycles. The number of aromatic amines is 1. The normalized spacial score (nSPS) is 13.7. The van der Waals surface area contributed by atoms with Gasteiger partial charge in [-0.15, -0.1) is 0 Å². The molecule has 1 amide bonds. The lowest BCUT2D eigenvalue weighted by atomic mass is 10.0. The summed E-state index contributed by atoms with van der Waals surface area (Å²) in [4.78, 5) is 19.7. The summed E-state index contributed by atoms with van der Waals surface area (Å²) < 4.78 is 1.93. The van der Waals surface area contributed by atoms with E-state index < -0.39 is 0 Å². The number of nitrogens with zero attached hydrogens (tertiary/aromatic N) is 4. The van der Waals surface area contributed by atoms with Crippen molar-refractivity contribution in [3.05, 3.63) is 77.4 Å². The number of amides is 1. The first-order valence-electron chi connectivity index (χ1n) is 9.61. The molecule has 1 aromatic carbocycles. The van der Waals surface area contributed by atoms with Crippen LogP contribution in [0.25, 0.3) is 16.9 Å². The maximum absolute atomic E-state index is 13.1. The standard InChI is InChI=1S/C22H21N5O/c1-2-18-17-13-26(11-10-19(17)25-24-18)22(28)16-8-9-21-23-20(14-27(21)12-16)15-6-4-3-5-7-15/h3-9,12,14H,2,10-11,13H2,1H3,(H,24,25). The molecule has 0 unspecified atom stereocenters. The summed E-state index contributed by atoms with van der Waals surface area (Å²) in [6, 6.07) is 13.8. The second-order valence-corrected chi connectivity index (χ2v) is 7.13. The third kappa shape index (κ3) is 2.78. The average Bonchev–Trinajstić information content (AvgIpc) is 3.36.